The largest absolute Gasteiger partial charge is 0.416 e. The molecule has 3 rings (SSSR count). The number of likely N-dealkylation sites (tertiary alicyclic amines) is 1. The minimum absolute atomic E-state index is 0.175. The van der Waals surface area contributed by atoms with Gasteiger partial charge in [-0.25, -0.2) is 0 Å². The molecule has 130 valence electrons. The van der Waals surface area contributed by atoms with Gasteiger partial charge in [0.25, 0.3) is 0 Å². The highest BCUT2D eigenvalue weighted by molar-refractivity contribution is 5.63. The Kier molecular flexibility index (Phi) is 4.64. The number of nitrogens with two attached hydrogens (primary N) is 1. The van der Waals surface area contributed by atoms with Crippen molar-refractivity contribution in [2.24, 2.45) is 11.7 Å². The molecule has 1 fully saturated rings. The summed E-state index contributed by atoms with van der Waals surface area (Å²) in [5.41, 5.74) is 7.78. The van der Waals surface area contributed by atoms with Crippen molar-refractivity contribution in [1.29, 1.82) is 0 Å². The van der Waals surface area contributed by atoms with Crippen molar-refractivity contribution in [1.82, 2.24) is 15.1 Å². The first-order valence-corrected chi connectivity index (χ1v) is 8.02. The summed E-state index contributed by atoms with van der Waals surface area (Å²) in [4.78, 5) is 2.31. The highest BCUT2D eigenvalue weighted by Gasteiger charge is 2.30. The van der Waals surface area contributed by atoms with Crippen LogP contribution < -0.4 is 5.73 Å². The Labute approximate surface area is 138 Å². The van der Waals surface area contributed by atoms with Crippen molar-refractivity contribution in [2.45, 2.75) is 32.1 Å². The Morgan fingerprint density at radius 1 is 1.33 bits per heavy atom. The van der Waals surface area contributed by atoms with E-state index in [0.29, 0.717) is 11.5 Å². The number of alkyl halides is 3. The van der Waals surface area contributed by atoms with Crippen LogP contribution >= 0.6 is 0 Å². The van der Waals surface area contributed by atoms with Gasteiger partial charge in [0.2, 0.25) is 0 Å². The first-order chi connectivity index (χ1) is 11.3. The molecule has 1 aliphatic rings. The summed E-state index contributed by atoms with van der Waals surface area (Å²) in [5.74, 6) is 0.492. The maximum atomic E-state index is 12.7. The number of rotatable bonds is 4. The molecule has 1 aromatic heterocycles. The van der Waals surface area contributed by atoms with E-state index in [1.165, 1.54) is 12.1 Å². The second kappa shape index (κ2) is 6.57. The number of hydrogen-bond donors (Lipinski definition) is 2. The van der Waals surface area contributed by atoms with E-state index in [9.17, 15) is 13.2 Å². The molecule has 4 nitrogen and oxygen atoms in total. The number of hydrogen-bond acceptors (Lipinski definition) is 3. The van der Waals surface area contributed by atoms with Gasteiger partial charge in [0.1, 0.15) is 0 Å². The van der Waals surface area contributed by atoms with Crippen molar-refractivity contribution in [3.05, 3.63) is 41.6 Å². The first kappa shape index (κ1) is 17.0. The highest BCUT2D eigenvalue weighted by Crippen LogP contribution is 2.31. The fraction of sp³-hybridized carbons (Fsp3) is 0.471. The van der Waals surface area contributed by atoms with Gasteiger partial charge < -0.3 is 5.73 Å². The maximum Gasteiger partial charge on any atom is 0.416 e. The van der Waals surface area contributed by atoms with E-state index in [2.05, 4.69) is 15.1 Å². The minimum Gasteiger partial charge on any atom is -0.328 e. The quantitative estimate of drug-likeness (QED) is 0.900. The Morgan fingerprint density at radius 3 is 2.62 bits per heavy atom. The molecular weight excluding hydrogens is 317 g/mol. The van der Waals surface area contributed by atoms with Gasteiger partial charge in [0.05, 0.1) is 17.5 Å². The van der Waals surface area contributed by atoms with Gasteiger partial charge in [0, 0.05) is 24.7 Å². The molecule has 1 aliphatic heterocycles. The van der Waals surface area contributed by atoms with E-state index in [0.717, 1.165) is 49.4 Å². The molecule has 3 N–H and O–H groups in total. The summed E-state index contributed by atoms with van der Waals surface area (Å²) in [6.07, 6.45) is -1.50. The van der Waals surface area contributed by atoms with Gasteiger partial charge in [-0.3, -0.25) is 10.00 Å². The predicted molar refractivity (Wildman–Crippen MR) is 86.1 cm³/mol. The molecule has 0 spiro atoms. The average Bonchev–Trinajstić information content (AvgIpc) is 3.16. The second-order valence-electron chi connectivity index (χ2n) is 6.49. The van der Waals surface area contributed by atoms with Gasteiger partial charge in [-0.1, -0.05) is 12.1 Å². The average molecular weight is 338 g/mol. The second-order valence-corrected chi connectivity index (χ2v) is 6.49. The predicted octanol–water partition coefficient (Wildman–Crippen LogP) is 3.26. The zero-order valence-corrected chi connectivity index (χ0v) is 13.5. The minimum atomic E-state index is -4.32. The Morgan fingerprint density at radius 2 is 2.04 bits per heavy atom. The number of nitrogens with one attached hydrogen (secondary N) is 1. The van der Waals surface area contributed by atoms with Crippen LogP contribution in [0.2, 0.25) is 0 Å². The summed E-state index contributed by atoms with van der Waals surface area (Å²) >= 11 is 0. The number of aromatic nitrogens is 2. The topological polar surface area (TPSA) is 57.9 Å². The van der Waals surface area contributed by atoms with Crippen LogP contribution in [0.3, 0.4) is 0 Å². The van der Waals surface area contributed by atoms with Crippen molar-refractivity contribution in [3.8, 4) is 11.3 Å². The Hall–Kier alpha value is -1.86. The molecule has 2 unspecified atom stereocenters. The van der Waals surface area contributed by atoms with Gasteiger partial charge >= 0.3 is 6.18 Å². The molecule has 0 saturated carbocycles. The monoisotopic (exact) mass is 338 g/mol. The lowest BCUT2D eigenvalue weighted by Crippen LogP contribution is -2.29. The normalized spacial score (nSPS) is 20.5. The molecule has 0 radical (unpaired) electrons. The van der Waals surface area contributed by atoms with Crippen LogP contribution in [0.25, 0.3) is 11.3 Å². The van der Waals surface area contributed by atoms with Crippen molar-refractivity contribution in [3.63, 3.8) is 0 Å². The number of nitrogens with zero attached hydrogens (tertiary/aromatic N) is 2. The standard InChI is InChI=1S/C17H21F3N4/c1-11(21)13-6-7-24(9-13)10-14-8-22-23-16(14)12-2-4-15(5-3-12)17(18,19)20/h2-5,8,11,13H,6-7,9-10,21H2,1H3,(H,22,23). The molecular formula is C17H21F3N4. The Bertz CT molecular complexity index is 676. The van der Waals surface area contributed by atoms with E-state index in [4.69, 9.17) is 5.73 Å². The Balaban J connectivity index is 1.74. The zero-order valence-electron chi connectivity index (χ0n) is 13.5. The molecule has 24 heavy (non-hydrogen) atoms. The lowest BCUT2D eigenvalue weighted by atomic mass is 10.0. The molecule has 0 bridgehead atoms. The van der Waals surface area contributed by atoms with Gasteiger partial charge in [-0.2, -0.15) is 18.3 Å². The summed E-state index contributed by atoms with van der Waals surface area (Å²) in [6, 6.07) is 5.33. The molecule has 1 aromatic carbocycles. The van der Waals surface area contributed by atoms with Crippen LogP contribution in [0.4, 0.5) is 13.2 Å². The molecule has 0 amide bonds. The summed E-state index contributed by atoms with van der Waals surface area (Å²) in [6.45, 7) is 4.66. The molecule has 2 heterocycles. The maximum absolute atomic E-state index is 12.7. The third kappa shape index (κ3) is 3.62. The van der Waals surface area contributed by atoms with E-state index >= 15 is 0 Å². The summed E-state index contributed by atoms with van der Waals surface area (Å²) < 4.78 is 38.0. The zero-order chi connectivity index (χ0) is 17.3. The van der Waals surface area contributed by atoms with Crippen LogP contribution in [0, 0.1) is 5.92 Å². The fourth-order valence-electron chi connectivity index (χ4n) is 3.18. The molecule has 2 atom stereocenters. The van der Waals surface area contributed by atoms with E-state index in [1.54, 1.807) is 6.20 Å². The number of benzene rings is 1. The highest BCUT2D eigenvalue weighted by atomic mass is 19.4. The van der Waals surface area contributed by atoms with Gasteiger partial charge in [-0.15, -0.1) is 0 Å². The van der Waals surface area contributed by atoms with Crippen LogP contribution in [0.15, 0.2) is 30.5 Å². The van der Waals surface area contributed by atoms with Crippen molar-refractivity contribution < 1.29 is 13.2 Å². The van der Waals surface area contributed by atoms with Crippen LogP contribution in [-0.2, 0) is 12.7 Å². The number of aromatic amines is 1. The van der Waals surface area contributed by atoms with E-state index < -0.39 is 11.7 Å². The van der Waals surface area contributed by atoms with Crippen LogP contribution in [0.5, 0.6) is 0 Å². The SMILES string of the molecule is CC(N)C1CCN(Cc2cn[nH]c2-c2ccc(C(F)(F)F)cc2)C1. The van der Waals surface area contributed by atoms with Crippen LogP contribution in [0.1, 0.15) is 24.5 Å². The third-order valence-electron chi connectivity index (χ3n) is 4.67. The van der Waals surface area contributed by atoms with E-state index in [1.807, 2.05) is 6.92 Å². The third-order valence-corrected chi connectivity index (χ3v) is 4.67. The fourth-order valence-corrected chi connectivity index (χ4v) is 3.18. The smallest absolute Gasteiger partial charge is 0.328 e. The van der Waals surface area contributed by atoms with Crippen molar-refractivity contribution in [2.75, 3.05) is 13.1 Å². The van der Waals surface area contributed by atoms with E-state index in [-0.39, 0.29) is 6.04 Å². The number of H-pyrrole nitrogens is 1. The molecule has 2 aromatic rings. The summed E-state index contributed by atoms with van der Waals surface area (Å²) in [5, 5.41) is 6.97. The molecule has 1 saturated heterocycles. The molecule has 0 aliphatic carbocycles. The summed E-state index contributed by atoms with van der Waals surface area (Å²) in [7, 11) is 0. The first-order valence-electron chi connectivity index (χ1n) is 8.02. The molecule has 7 heteroatoms. The van der Waals surface area contributed by atoms with Crippen LogP contribution in [-0.4, -0.2) is 34.2 Å². The lowest BCUT2D eigenvalue weighted by Gasteiger charge is -2.18. The number of halogens is 3. The van der Waals surface area contributed by atoms with Gasteiger partial charge in [0.15, 0.2) is 0 Å². The van der Waals surface area contributed by atoms with Gasteiger partial charge in [-0.05, 0) is 43.5 Å². The van der Waals surface area contributed by atoms with Crippen molar-refractivity contribution >= 4 is 0 Å². The lowest BCUT2D eigenvalue weighted by molar-refractivity contribution is -0.137.